The van der Waals surface area contributed by atoms with E-state index in [0.717, 1.165) is 19.4 Å². The summed E-state index contributed by atoms with van der Waals surface area (Å²) in [7, 11) is 1.78. The number of rotatable bonds is 7. The molecular weight excluding hydrogens is 210 g/mol. The number of likely N-dealkylation sites (N-methyl/N-ethyl adjacent to an activating group) is 1. The molecule has 17 heavy (non-hydrogen) atoms. The second-order valence-corrected chi connectivity index (χ2v) is 4.67. The third-order valence-electron chi connectivity index (χ3n) is 3.24. The lowest BCUT2D eigenvalue weighted by atomic mass is 9.97. The van der Waals surface area contributed by atoms with Crippen LogP contribution in [-0.2, 0) is 11.2 Å². The average Bonchev–Trinajstić information content (AvgIpc) is 2.32. The summed E-state index contributed by atoms with van der Waals surface area (Å²) in [6, 6.07) is 9.11. The first kappa shape index (κ1) is 14.2. The maximum absolute atomic E-state index is 5.35. The largest absolute Gasteiger partial charge is 0.382 e. The van der Waals surface area contributed by atoms with E-state index in [1.54, 1.807) is 7.11 Å². The van der Waals surface area contributed by atoms with E-state index in [4.69, 9.17) is 4.74 Å². The quantitative estimate of drug-likeness (QED) is 0.784. The lowest BCUT2D eigenvalue weighted by Crippen LogP contribution is -2.34. The molecule has 0 bridgehead atoms. The highest BCUT2D eigenvalue weighted by molar-refractivity contribution is 5.26. The molecule has 0 amide bonds. The zero-order chi connectivity index (χ0) is 12.7. The van der Waals surface area contributed by atoms with Crippen molar-refractivity contribution in [2.75, 3.05) is 13.7 Å². The maximum atomic E-state index is 5.35. The van der Waals surface area contributed by atoms with Crippen molar-refractivity contribution < 1.29 is 4.74 Å². The van der Waals surface area contributed by atoms with Crippen LogP contribution in [0.1, 0.15) is 31.4 Å². The van der Waals surface area contributed by atoms with Crippen molar-refractivity contribution in [1.29, 1.82) is 0 Å². The minimum atomic E-state index is 0.308. The van der Waals surface area contributed by atoms with E-state index in [-0.39, 0.29) is 0 Å². The van der Waals surface area contributed by atoms with E-state index in [0.29, 0.717) is 12.1 Å². The van der Waals surface area contributed by atoms with Crippen molar-refractivity contribution in [3.8, 4) is 0 Å². The molecule has 1 aromatic rings. The molecular formula is C15H25NO. The van der Waals surface area contributed by atoms with Gasteiger partial charge in [0.05, 0.1) is 6.10 Å². The van der Waals surface area contributed by atoms with Gasteiger partial charge < -0.3 is 10.1 Å². The van der Waals surface area contributed by atoms with Crippen LogP contribution in [0.3, 0.4) is 0 Å². The van der Waals surface area contributed by atoms with Crippen LogP contribution in [0.2, 0.25) is 0 Å². The predicted molar refractivity (Wildman–Crippen MR) is 73.4 cm³/mol. The Kier molecular flexibility index (Phi) is 6.23. The van der Waals surface area contributed by atoms with Crippen molar-refractivity contribution in [3.63, 3.8) is 0 Å². The molecule has 0 aliphatic rings. The summed E-state index contributed by atoms with van der Waals surface area (Å²) in [5.41, 5.74) is 2.81. The van der Waals surface area contributed by atoms with Crippen molar-refractivity contribution >= 4 is 0 Å². The molecule has 1 aromatic carbocycles. The number of hydrogen-bond donors (Lipinski definition) is 1. The molecule has 0 heterocycles. The monoisotopic (exact) mass is 235 g/mol. The van der Waals surface area contributed by atoms with Gasteiger partial charge in [0, 0.05) is 13.2 Å². The Balaban J connectivity index is 2.63. The fourth-order valence-electron chi connectivity index (χ4n) is 2.13. The van der Waals surface area contributed by atoms with Crippen LogP contribution in [-0.4, -0.2) is 25.8 Å². The van der Waals surface area contributed by atoms with Crippen LogP contribution < -0.4 is 5.32 Å². The number of benzene rings is 1. The van der Waals surface area contributed by atoms with Crippen molar-refractivity contribution in [2.24, 2.45) is 0 Å². The summed E-state index contributed by atoms with van der Waals surface area (Å²) < 4.78 is 5.35. The number of aryl methyl sites for hydroxylation is 1. The fraction of sp³-hybridized carbons (Fsp3) is 0.600. The Hall–Kier alpha value is -0.860. The molecule has 0 fully saturated rings. The van der Waals surface area contributed by atoms with Crippen molar-refractivity contribution in [2.45, 2.75) is 45.8 Å². The third-order valence-corrected chi connectivity index (χ3v) is 3.24. The first-order chi connectivity index (χ1) is 8.17. The summed E-state index contributed by atoms with van der Waals surface area (Å²) in [4.78, 5) is 0. The van der Waals surface area contributed by atoms with Gasteiger partial charge in [-0.1, -0.05) is 31.2 Å². The first-order valence-electron chi connectivity index (χ1n) is 6.48. The average molecular weight is 235 g/mol. The molecule has 1 N–H and O–H groups in total. The molecule has 0 radical (unpaired) electrons. The third kappa shape index (κ3) is 4.88. The topological polar surface area (TPSA) is 21.3 Å². The Morgan fingerprint density at radius 2 is 2.00 bits per heavy atom. The van der Waals surface area contributed by atoms with Crippen LogP contribution in [0.25, 0.3) is 0 Å². The lowest BCUT2D eigenvalue weighted by Gasteiger charge is -2.22. The first-order valence-corrected chi connectivity index (χ1v) is 6.48. The molecule has 0 saturated carbocycles. The Morgan fingerprint density at radius 3 is 2.59 bits per heavy atom. The molecule has 0 saturated heterocycles. The molecule has 2 nitrogen and oxygen atoms in total. The normalized spacial score (nSPS) is 14.6. The number of nitrogens with one attached hydrogen (secondary N) is 1. The van der Waals surface area contributed by atoms with Gasteiger partial charge in [-0.15, -0.1) is 0 Å². The van der Waals surface area contributed by atoms with Gasteiger partial charge in [-0.25, -0.2) is 0 Å². The van der Waals surface area contributed by atoms with E-state index in [1.807, 2.05) is 0 Å². The standard InChI is InChI=1S/C15H25NO/c1-5-16-15(10-13(3)17-4)11-14-9-7-6-8-12(14)2/h6-9,13,15-16H,5,10-11H2,1-4H3. The number of methoxy groups -OCH3 is 1. The van der Waals surface area contributed by atoms with Crippen LogP contribution in [0.5, 0.6) is 0 Å². The van der Waals surface area contributed by atoms with E-state index < -0.39 is 0 Å². The Bertz CT molecular complexity index is 324. The van der Waals surface area contributed by atoms with Gasteiger partial charge in [0.2, 0.25) is 0 Å². The van der Waals surface area contributed by atoms with E-state index in [1.165, 1.54) is 11.1 Å². The second-order valence-electron chi connectivity index (χ2n) is 4.67. The highest BCUT2D eigenvalue weighted by Crippen LogP contribution is 2.13. The van der Waals surface area contributed by atoms with Gasteiger partial charge in [-0.05, 0) is 44.4 Å². The maximum Gasteiger partial charge on any atom is 0.0558 e. The predicted octanol–water partition coefficient (Wildman–Crippen LogP) is 2.94. The zero-order valence-corrected chi connectivity index (χ0v) is 11.5. The molecule has 2 atom stereocenters. The molecule has 2 unspecified atom stereocenters. The molecule has 0 aliphatic heterocycles. The Labute approximate surface area is 105 Å². The van der Waals surface area contributed by atoms with E-state index in [9.17, 15) is 0 Å². The zero-order valence-electron chi connectivity index (χ0n) is 11.5. The van der Waals surface area contributed by atoms with Crippen LogP contribution in [0.4, 0.5) is 0 Å². The second kappa shape index (κ2) is 7.46. The number of ether oxygens (including phenoxy) is 1. The van der Waals surface area contributed by atoms with Crippen LogP contribution in [0.15, 0.2) is 24.3 Å². The molecule has 96 valence electrons. The summed E-state index contributed by atoms with van der Waals surface area (Å²) in [5.74, 6) is 0. The molecule has 0 aliphatic carbocycles. The minimum Gasteiger partial charge on any atom is -0.382 e. The summed E-state index contributed by atoms with van der Waals surface area (Å²) in [6.45, 7) is 7.47. The Morgan fingerprint density at radius 1 is 1.29 bits per heavy atom. The summed E-state index contributed by atoms with van der Waals surface area (Å²) in [6.07, 6.45) is 2.44. The van der Waals surface area contributed by atoms with Crippen molar-refractivity contribution in [1.82, 2.24) is 5.32 Å². The van der Waals surface area contributed by atoms with E-state index >= 15 is 0 Å². The molecule has 0 spiro atoms. The smallest absolute Gasteiger partial charge is 0.0558 e. The fourth-order valence-corrected chi connectivity index (χ4v) is 2.13. The van der Waals surface area contributed by atoms with Gasteiger partial charge in [-0.3, -0.25) is 0 Å². The highest BCUT2D eigenvalue weighted by Gasteiger charge is 2.13. The van der Waals surface area contributed by atoms with Crippen molar-refractivity contribution in [3.05, 3.63) is 35.4 Å². The van der Waals surface area contributed by atoms with Crippen LogP contribution >= 0.6 is 0 Å². The highest BCUT2D eigenvalue weighted by atomic mass is 16.5. The SMILES string of the molecule is CCNC(Cc1ccccc1C)CC(C)OC. The molecule has 0 aromatic heterocycles. The van der Waals surface area contributed by atoms with Gasteiger partial charge in [-0.2, -0.15) is 0 Å². The van der Waals surface area contributed by atoms with Gasteiger partial charge in [0.25, 0.3) is 0 Å². The molecule has 2 heteroatoms. The lowest BCUT2D eigenvalue weighted by molar-refractivity contribution is 0.101. The number of hydrogen-bond acceptors (Lipinski definition) is 2. The molecule has 1 rings (SSSR count). The van der Waals surface area contributed by atoms with Gasteiger partial charge in [0.1, 0.15) is 0 Å². The van der Waals surface area contributed by atoms with E-state index in [2.05, 4.69) is 50.4 Å². The van der Waals surface area contributed by atoms with Gasteiger partial charge >= 0.3 is 0 Å². The van der Waals surface area contributed by atoms with Crippen LogP contribution in [0, 0.1) is 6.92 Å². The minimum absolute atomic E-state index is 0.308. The van der Waals surface area contributed by atoms with Gasteiger partial charge in [0.15, 0.2) is 0 Å². The summed E-state index contributed by atoms with van der Waals surface area (Å²) in [5, 5.41) is 3.54. The summed E-state index contributed by atoms with van der Waals surface area (Å²) >= 11 is 0.